The molecule has 1 amide bonds. The quantitative estimate of drug-likeness (QED) is 0.819. The summed E-state index contributed by atoms with van der Waals surface area (Å²) < 4.78 is 1.42. The Bertz CT molecular complexity index is 765. The molecule has 0 aromatic carbocycles. The van der Waals surface area contributed by atoms with E-state index in [1.165, 1.54) is 22.0 Å². The smallest absolute Gasteiger partial charge is 0.251 e. The van der Waals surface area contributed by atoms with Gasteiger partial charge in [-0.15, -0.1) is 11.3 Å². The summed E-state index contributed by atoms with van der Waals surface area (Å²) in [7, 11) is 1.64. The van der Waals surface area contributed by atoms with Gasteiger partial charge in [0.05, 0.1) is 18.0 Å². The molecule has 2 aromatic heterocycles. The largest absolute Gasteiger partial charge is 0.347 e. The van der Waals surface area contributed by atoms with Gasteiger partial charge in [-0.25, -0.2) is 0 Å². The Hall–Kier alpha value is -2.36. The van der Waals surface area contributed by atoms with Gasteiger partial charge in [-0.05, 0) is 18.2 Å². The molecule has 0 aliphatic carbocycles. The van der Waals surface area contributed by atoms with E-state index in [0.717, 1.165) is 9.75 Å². The molecule has 0 aliphatic rings. The maximum Gasteiger partial charge on any atom is 0.251 e. The van der Waals surface area contributed by atoms with Crippen molar-refractivity contribution in [2.24, 2.45) is 12.8 Å². The fraction of sp³-hybridized carbons (Fsp3) is 0.200. The first-order valence-electron chi connectivity index (χ1n) is 6.32. The lowest BCUT2D eigenvalue weighted by atomic mass is 10.2. The normalized spacial score (nSPS) is 9.81. The summed E-state index contributed by atoms with van der Waals surface area (Å²) >= 11 is 1.51. The van der Waals surface area contributed by atoms with Crippen molar-refractivity contribution < 1.29 is 4.79 Å². The van der Waals surface area contributed by atoms with Crippen LogP contribution in [-0.2, 0) is 13.6 Å². The molecule has 6 heteroatoms. The fourth-order valence-electron chi connectivity index (χ4n) is 1.64. The molecule has 0 unspecified atom stereocenters. The summed E-state index contributed by atoms with van der Waals surface area (Å²) in [6.07, 6.45) is 1.57. The van der Waals surface area contributed by atoms with Crippen LogP contribution in [0.5, 0.6) is 0 Å². The number of aryl methyl sites for hydroxylation is 1. The Morgan fingerprint density at radius 2 is 2.24 bits per heavy atom. The number of nitrogens with one attached hydrogen (secondary N) is 1. The fourth-order valence-corrected chi connectivity index (χ4v) is 2.46. The third-order valence-electron chi connectivity index (χ3n) is 2.76. The van der Waals surface area contributed by atoms with Crippen LogP contribution in [0.25, 0.3) is 0 Å². The molecule has 2 heterocycles. The van der Waals surface area contributed by atoms with Crippen LogP contribution in [0.1, 0.15) is 20.1 Å². The zero-order valence-electron chi connectivity index (χ0n) is 11.6. The van der Waals surface area contributed by atoms with Gasteiger partial charge in [0.1, 0.15) is 0 Å². The van der Waals surface area contributed by atoms with Crippen molar-refractivity contribution in [2.45, 2.75) is 6.54 Å². The molecular formula is C15H15N3O2S. The van der Waals surface area contributed by atoms with Crippen LogP contribution in [0, 0.1) is 11.8 Å². The Kier molecular flexibility index (Phi) is 4.93. The van der Waals surface area contributed by atoms with Gasteiger partial charge in [-0.3, -0.25) is 9.59 Å². The zero-order valence-corrected chi connectivity index (χ0v) is 12.4. The first-order valence-corrected chi connectivity index (χ1v) is 7.14. The number of hydrogen-bond donors (Lipinski definition) is 2. The lowest BCUT2D eigenvalue weighted by molar-refractivity contribution is 0.0951. The lowest BCUT2D eigenvalue weighted by Gasteiger charge is -2.04. The molecule has 0 atom stereocenters. The highest BCUT2D eigenvalue weighted by Gasteiger charge is 2.07. The van der Waals surface area contributed by atoms with Crippen LogP contribution in [0.2, 0.25) is 0 Å². The van der Waals surface area contributed by atoms with Crippen molar-refractivity contribution in [1.82, 2.24) is 9.88 Å². The van der Waals surface area contributed by atoms with Crippen LogP contribution >= 0.6 is 11.3 Å². The van der Waals surface area contributed by atoms with Crippen molar-refractivity contribution >= 4 is 17.2 Å². The van der Waals surface area contributed by atoms with Gasteiger partial charge in [0.2, 0.25) is 0 Å². The summed E-state index contributed by atoms with van der Waals surface area (Å²) in [5, 5.41) is 2.78. The van der Waals surface area contributed by atoms with E-state index in [-0.39, 0.29) is 11.5 Å². The number of thiophene rings is 1. The van der Waals surface area contributed by atoms with Gasteiger partial charge < -0.3 is 15.6 Å². The summed E-state index contributed by atoms with van der Waals surface area (Å²) in [5.74, 6) is 5.46. The Balaban J connectivity index is 1.99. The predicted molar refractivity (Wildman–Crippen MR) is 83.1 cm³/mol. The van der Waals surface area contributed by atoms with Gasteiger partial charge in [-0.1, -0.05) is 11.8 Å². The van der Waals surface area contributed by atoms with Crippen molar-refractivity contribution in [3.05, 3.63) is 56.1 Å². The van der Waals surface area contributed by atoms with E-state index in [1.807, 2.05) is 12.1 Å². The van der Waals surface area contributed by atoms with E-state index in [0.29, 0.717) is 18.7 Å². The second kappa shape index (κ2) is 6.88. The average Bonchev–Trinajstić information content (AvgIpc) is 2.93. The molecule has 5 nitrogen and oxygen atoms in total. The monoisotopic (exact) mass is 301 g/mol. The molecule has 0 saturated heterocycles. The van der Waals surface area contributed by atoms with E-state index in [4.69, 9.17) is 5.73 Å². The van der Waals surface area contributed by atoms with Gasteiger partial charge in [-0.2, -0.15) is 0 Å². The molecule has 0 aliphatic heterocycles. The number of carbonyl (C=O) groups is 1. The predicted octanol–water partition coefficient (Wildman–Crippen LogP) is 0.687. The van der Waals surface area contributed by atoms with Crippen LogP contribution in [-0.4, -0.2) is 17.0 Å². The number of hydrogen-bond acceptors (Lipinski definition) is 4. The lowest BCUT2D eigenvalue weighted by Crippen LogP contribution is -2.25. The molecule has 0 saturated carbocycles. The van der Waals surface area contributed by atoms with E-state index < -0.39 is 0 Å². The first kappa shape index (κ1) is 15.0. The SMILES string of the molecule is Cn1ccc(C(=O)NCc2ccc(C#CCN)s2)cc1=O. The molecule has 0 spiro atoms. The van der Waals surface area contributed by atoms with Crippen LogP contribution in [0.3, 0.4) is 0 Å². The summed E-state index contributed by atoms with van der Waals surface area (Å²) in [4.78, 5) is 25.4. The Morgan fingerprint density at radius 1 is 1.43 bits per heavy atom. The van der Waals surface area contributed by atoms with Crippen molar-refractivity contribution in [3.63, 3.8) is 0 Å². The van der Waals surface area contributed by atoms with E-state index in [1.54, 1.807) is 19.3 Å². The van der Waals surface area contributed by atoms with Gasteiger partial charge >= 0.3 is 0 Å². The number of carbonyl (C=O) groups excluding carboxylic acids is 1. The van der Waals surface area contributed by atoms with E-state index >= 15 is 0 Å². The topological polar surface area (TPSA) is 77.1 Å². The third kappa shape index (κ3) is 4.05. The number of pyridine rings is 1. The second-order valence-electron chi connectivity index (χ2n) is 4.32. The number of nitrogens with two attached hydrogens (primary N) is 1. The highest BCUT2D eigenvalue weighted by Crippen LogP contribution is 2.15. The summed E-state index contributed by atoms with van der Waals surface area (Å²) in [6, 6.07) is 6.74. The first-order chi connectivity index (χ1) is 10.1. The molecule has 0 fully saturated rings. The maximum atomic E-state index is 12.0. The van der Waals surface area contributed by atoms with E-state index in [2.05, 4.69) is 17.2 Å². The molecular weight excluding hydrogens is 286 g/mol. The number of rotatable bonds is 3. The van der Waals surface area contributed by atoms with Gasteiger partial charge in [0.15, 0.2) is 0 Å². The molecule has 2 aromatic rings. The molecule has 0 bridgehead atoms. The van der Waals surface area contributed by atoms with Crippen molar-refractivity contribution in [1.29, 1.82) is 0 Å². The third-order valence-corrected chi connectivity index (χ3v) is 3.77. The molecule has 108 valence electrons. The maximum absolute atomic E-state index is 12.0. The molecule has 0 radical (unpaired) electrons. The molecule has 21 heavy (non-hydrogen) atoms. The molecule has 3 N–H and O–H groups in total. The van der Waals surface area contributed by atoms with Crippen LogP contribution < -0.4 is 16.6 Å². The minimum atomic E-state index is -0.268. The Labute approximate surface area is 126 Å². The highest BCUT2D eigenvalue weighted by atomic mass is 32.1. The van der Waals surface area contributed by atoms with Gasteiger partial charge in [0.25, 0.3) is 11.5 Å². The molecule has 2 rings (SSSR count). The number of nitrogens with zero attached hydrogens (tertiary/aromatic N) is 1. The zero-order chi connectivity index (χ0) is 15.2. The average molecular weight is 301 g/mol. The number of aromatic nitrogens is 1. The van der Waals surface area contributed by atoms with Crippen LogP contribution in [0.15, 0.2) is 35.3 Å². The summed E-state index contributed by atoms with van der Waals surface area (Å²) in [5.41, 5.74) is 5.46. The van der Waals surface area contributed by atoms with Gasteiger partial charge in [0, 0.05) is 29.8 Å². The summed E-state index contributed by atoms with van der Waals surface area (Å²) in [6.45, 7) is 0.732. The van der Waals surface area contributed by atoms with E-state index in [9.17, 15) is 9.59 Å². The minimum absolute atomic E-state index is 0.210. The Morgan fingerprint density at radius 3 is 2.95 bits per heavy atom. The second-order valence-corrected chi connectivity index (χ2v) is 5.49. The number of amides is 1. The standard InChI is InChI=1S/C15H15N3O2S/c1-18-8-6-11(9-14(18)19)15(20)17-10-13-5-4-12(21-13)3-2-7-16/h4-6,8-9H,7,10,16H2,1H3,(H,17,20). The van der Waals surface area contributed by atoms with Crippen LogP contribution in [0.4, 0.5) is 0 Å². The minimum Gasteiger partial charge on any atom is -0.347 e. The van der Waals surface area contributed by atoms with Crippen molar-refractivity contribution in [3.8, 4) is 11.8 Å². The van der Waals surface area contributed by atoms with Crippen molar-refractivity contribution in [2.75, 3.05) is 6.54 Å². The highest BCUT2D eigenvalue weighted by molar-refractivity contribution is 7.12.